The molecule has 5 rings (SSSR count). The van der Waals surface area contributed by atoms with Crippen LogP contribution in [0.15, 0.2) is 89.1 Å². The predicted octanol–water partition coefficient (Wildman–Crippen LogP) is 5.66. The summed E-state index contributed by atoms with van der Waals surface area (Å²) in [7, 11) is 0. The summed E-state index contributed by atoms with van der Waals surface area (Å²) in [4.78, 5) is 19.9. The Bertz CT molecular complexity index is 1540. The van der Waals surface area contributed by atoms with Crippen LogP contribution in [0.1, 0.15) is 16.7 Å². The second kappa shape index (κ2) is 8.69. The summed E-state index contributed by atoms with van der Waals surface area (Å²) in [5.41, 5.74) is 4.94. The number of benzene rings is 3. The van der Waals surface area contributed by atoms with E-state index < -0.39 is 5.97 Å². The Hall–Kier alpha value is -4.28. The van der Waals surface area contributed by atoms with Gasteiger partial charge in [-0.15, -0.1) is 0 Å². The average Bonchev–Trinajstić information content (AvgIpc) is 3.40. The van der Waals surface area contributed by atoms with Crippen LogP contribution in [-0.2, 0) is 11.3 Å². The second-order valence-corrected chi connectivity index (χ2v) is 8.50. The van der Waals surface area contributed by atoms with Gasteiger partial charge in [-0.2, -0.15) is 5.26 Å². The number of aromatic amines is 1. The monoisotopic (exact) mass is 450 g/mol. The number of carbonyl (C=O) groups is 1. The maximum Gasteiger partial charge on any atom is 0.342 e. The molecule has 160 valence electrons. The molecule has 5 aromatic rings. The van der Waals surface area contributed by atoms with E-state index in [4.69, 9.17) is 0 Å². The van der Waals surface area contributed by atoms with Crippen LogP contribution >= 0.6 is 11.8 Å². The van der Waals surface area contributed by atoms with Crippen molar-refractivity contribution >= 4 is 45.7 Å². The van der Waals surface area contributed by atoms with Crippen LogP contribution in [0, 0.1) is 11.3 Å². The zero-order chi connectivity index (χ0) is 22.8. The normalized spacial score (nSPS) is 11.7. The van der Waals surface area contributed by atoms with Gasteiger partial charge in [0.1, 0.15) is 4.91 Å². The van der Waals surface area contributed by atoms with Crippen LogP contribution in [0.2, 0.25) is 0 Å². The number of fused-ring (bicyclic) bond motifs is 2. The number of carboxylic acids is 1. The highest BCUT2D eigenvalue weighted by atomic mass is 32.2. The number of thioether (sulfide) groups is 1. The first-order chi connectivity index (χ1) is 16.1. The standard InChI is InChI=1S/C26H18N4O2S/c27-14-17-7-1-2-8-18(17)15-30-16-19(20-9-3-6-12-23(20)30)13-24(25(31)32)33-26-28-21-10-4-5-11-22(21)29-26/h1-13,16H,15H2,(H,28,29)(H,31,32)/b24-13-. The van der Waals surface area contributed by atoms with Crippen molar-refractivity contribution in [3.63, 3.8) is 0 Å². The van der Waals surface area contributed by atoms with Crippen molar-refractivity contribution in [3.05, 3.63) is 101 Å². The number of nitrogens with one attached hydrogen (secondary N) is 1. The highest BCUT2D eigenvalue weighted by Gasteiger charge is 2.16. The van der Waals surface area contributed by atoms with Crippen LogP contribution in [-0.4, -0.2) is 25.6 Å². The number of hydrogen-bond donors (Lipinski definition) is 2. The SMILES string of the molecule is N#Cc1ccccc1Cn1cc(/C=C(\Sc2nc3ccccc3[nH]2)C(=O)O)c2ccccc21. The van der Waals surface area contributed by atoms with Gasteiger partial charge in [0, 0.05) is 29.2 Å². The molecule has 0 aliphatic heterocycles. The summed E-state index contributed by atoms with van der Waals surface area (Å²) in [6, 6.07) is 25.2. The van der Waals surface area contributed by atoms with Crippen molar-refractivity contribution in [1.82, 2.24) is 14.5 Å². The molecule has 0 spiro atoms. The Kier molecular flexibility index (Phi) is 5.43. The third kappa shape index (κ3) is 4.12. The fourth-order valence-corrected chi connectivity index (χ4v) is 4.62. The zero-order valence-corrected chi connectivity index (χ0v) is 18.2. The molecular formula is C26H18N4O2S. The van der Waals surface area contributed by atoms with Gasteiger partial charge in [0.15, 0.2) is 5.16 Å². The van der Waals surface area contributed by atoms with Gasteiger partial charge in [-0.25, -0.2) is 9.78 Å². The van der Waals surface area contributed by atoms with E-state index in [-0.39, 0.29) is 4.91 Å². The first-order valence-corrected chi connectivity index (χ1v) is 11.1. The first kappa shape index (κ1) is 20.6. The summed E-state index contributed by atoms with van der Waals surface area (Å²) in [5, 5.41) is 20.8. The molecule has 0 fully saturated rings. The Morgan fingerprint density at radius 3 is 2.67 bits per heavy atom. The van der Waals surface area contributed by atoms with Crippen molar-refractivity contribution in [2.75, 3.05) is 0 Å². The molecule has 2 heterocycles. The topological polar surface area (TPSA) is 94.7 Å². The van der Waals surface area contributed by atoms with Gasteiger partial charge in [0.05, 0.1) is 22.7 Å². The Morgan fingerprint density at radius 2 is 1.85 bits per heavy atom. The molecule has 0 bridgehead atoms. The van der Waals surface area contributed by atoms with Crippen LogP contribution in [0.4, 0.5) is 0 Å². The number of imidazole rings is 1. The molecule has 3 aromatic carbocycles. The number of nitrogens with zero attached hydrogens (tertiary/aromatic N) is 3. The van der Waals surface area contributed by atoms with Crippen molar-refractivity contribution in [3.8, 4) is 6.07 Å². The minimum atomic E-state index is -1.02. The quantitative estimate of drug-likeness (QED) is 0.257. The molecule has 0 atom stereocenters. The minimum Gasteiger partial charge on any atom is -0.477 e. The van der Waals surface area contributed by atoms with Crippen LogP contribution in [0.25, 0.3) is 28.0 Å². The van der Waals surface area contributed by atoms with Crippen molar-refractivity contribution in [1.29, 1.82) is 5.26 Å². The molecule has 2 aromatic heterocycles. The number of hydrogen-bond acceptors (Lipinski definition) is 4. The molecule has 7 heteroatoms. The first-order valence-electron chi connectivity index (χ1n) is 10.3. The highest BCUT2D eigenvalue weighted by molar-refractivity contribution is 8.04. The molecule has 0 aliphatic carbocycles. The van der Waals surface area contributed by atoms with Crippen molar-refractivity contribution < 1.29 is 9.90 Å². The van der Waals surface area contributed by atoms with Gasteiger partial charge in [-0.05, 0) is 47.7 Å². The summed E-state index contributed by atoms with van der Waals surface area (Å²) in [6.45, 7) is 0.511. The fraction of sp³-hybridized carbons (Fsp3) is 0.0385. The van der Waals surface area contributed by atoms with Gasteiger partial charge in [-0.3, -0.25) is 0 Å². The number of carboxylic acid groups (broad SMARTS) is 1. The molecule has 0 saturated carbocycles. The predicted molar refractivity (Wildman–Crippen MR) is 130 cm³/mol. The van der Waals surface area contributed by atoms with E-state index in [0.29, 0.717) is 17.3 Å². The number of nitriles is 1. The summed E-state index contributed by atoms with van der Waals surface area (Å²) < 4.78 is 2.04. The summed E-state index contributed by atoms with van der Waals surface area (Å²) in [6.07, 6.45) is 3.61. The molecule has 0 aliphatic rings. The van der Waals surface area contributed by atoms with E-state index in [0.717, 1.165) is 44.8 Å². The Balaban J connectivity index is 1.55. The highest BCUT2D eigenvalue weighted by Crippen LogP contribution is 2.31. The van der Waals surface area contributed by atoms with Gasteiger partial charge < -0.3 is 14.7 Å². The van der Waals surface area contributed by atoms with Crippen LogP contribution in [0.5, 0.6) is 0 Å². The molecule has 0 radical (unpaired) electrons. The van der Waals surface area contributed by atoms with Gasteiger partial charge >= 0.3 is 5.97 Å². The third-order valence-electron chi connectivity index (χ3n) is 5.37. The molecule has 0 unspecified atom stereocenters. The lowest BCUT2D eigenvalue weighted by atomic mass is 10.1. The molecule has 0 amide bonds. The minimum absolute atomic E-state index is 0.161. The molecular weight excluding hydrogens is 432 g/mol. The van der Waals surface area contributed by atoms with E-state index in [2.05, 4.69) is 16.0 Å². The smallest absolute Gasteiger partial charge is 0.342 e. The van der Waals surface area contributed by atoms with E-state index in [9.17, 15) is 15.2 Å². The second-order valence-electron chi connectivity index (χ2n) is 7.47. The lowest BCUT2D eigenvalue weighted by Gasteiger charge is -2.07. The Labute approximate surface area is 193 Å². The number of aromatic nitrogens is 3. The zero-order valence-electron chi connectivity index (χ0n) is 17.4. The lowest BCUT2D eigenvalue weighted by molar-refractivity contribution is -0.131. The van der Waals surface area contributed by atoms with E-state index in [1.165, 1.54) is 0 Å². The molecule has 0 saturated heterocycles. The van der Waals surface area contributed by atoms with Gasteiger partial charge in [0.2, 0.25) is 0 Å². The van der Waals surface area contributed by atoms with E-state index in [1.54, 1.807) is 12.1 Å². The Morgan fingerprint density at radius 1 is 1.09 bits per heavy atom. The van der Waals surface area contributed by atoms with Crippen molar-refractivity contribution in [2.24, 2.45) is 0 Å². The number of aliphatic carboxylic acids is 1. The maximum atomic E-state index is 12.1. The summed E-state index contributed by atoms with van der Waals surface area (Å²) in [5.74, 6) is -1.02. The number of rotatable bonds is 6. The van der Waals surface area contributed by atoms with Crippen molar-refractivity contribution in [2.45, 2.75) is 11.7 Å². The van der Waals surface area contributed by atoms with E-state index in [1.807, 2.05) is 77.5 Å². The molecule has 2 N–H and O–H groups in total. The summed E-state index contributed by atoms with van der Waals surface area (Å²) >= 11 is 1.09. The van der Waals surface area contributed by atoms with Gasteiger partial charge in [0.25, 0.3) is 0 Å². The number of H-pyrrole nitrogens is 1. The molecule has 6 nitrogen and oxygen atoms in total. The third-order valence-corrected chi connectivity index (χ3v) is 6.27. The van der Waals surface area contributed by atoms with Crippen LogP contribution < -0.4 is 0 Å². The largest absolute Gasteiger partial charge is 0.477 e. The van der Waals surface area contributed by atoms with Crippen LogP contribution in [0.3, 0.4) is 0 Å². The average molecular weight is 451 g/mol. The lowest BCUT2D eigenvalue weighted by Crippen LogP contribution is -2.00. The molecule has 33 heavy (non-hydrogen) atoms. The van der Waals surface area contributed by atoms with Gasteiger partial charge in [-0.1, -0.05) is 48.5 Å². The van der Waals surface area contributed by atoms with E-state index >= 15 is 0 Å². The fourth-order valence-electron chi connectivity index (χ4n) is 3.83. The maximum absolute atomic E-state index is 12.1. The number of para-hydroxylation sites is 3.